The zero-order chi connectivity index (χ0) is 18.2. The summed E-state index contributed by atoms with van der Waals surface area (Å²) < 4.78 is 91.5. The molecule has 0 atom stereocenters. The highest BCUT2D eigenvalue weighted by Crippen LogP contribution is 2.32. The van der Waals surface area contributed by atoms with Crippen LogP contribution in [0.5, 0.6) is 5.75 Å². The molecule has 0 aromatic heterocycles. The van der Waals surface area contributed by atoms with Gasteiger partial charge in [-0.1, -0.05) is 6.07 Å². The number of hydrogen-bond donors (Lipinski definition) is 0. The second-order valence-electron chi connectivity index (χ2n) is 4.27. The molecule has 0 aliphatic heterocycles. The molecule has 24 heavy (non-hydrogen) atoms. The Kier molecular flexibility index (Phi) is 5.15. The second-order valence-corrected chi connectivity index (χ2v) is 6.83. The van der Waals surface area contributed by atoms with Crippen molar-refractivity contribution in [2.75, 3.05) is 0 Å². The fourth-order valence-corrected chi connectivity index (χ4v) is 2.83. The van der Waals surface area contributed by atoms with Crippen molar-refractivity contribution < 1.29 is 40.1 Å². The number of rotatable bonds is 3. The van der Waals surface area contributed by atoms with Gasteiger partial charge >= 0.3 is 5.97 Å². The normalized spacial score (nSPS) is 11.4. The average Bonchev–Trinajstić information content (AvgIpc) is 2.48. The third-order valence-electron chi connectivity index (χ3n) is 2.69. The summed E-state index contributed by atoms with van der Waals surface area (Å²) in [6.07, 6.45) is 0. The van der Waals surface area contributed by atoms with E-state index < -0.39 is 50.0 Å². The Bertz CT molecular complexity index is 917. The largest absolute Gasteiger partial charge is 0.744 e. The van der Waals surface area contributed by atoms with E-state index in [0.717, 1.165) is 0 Å². The van der Waals surface area contributed by atoms with Crippen LogP contribution in [0.25, 0.3) is 0 Å². The molecule has 0 spiro atoms. The van der Waals surface area contributed by atoms with Gasteiger partial charge in [0.2, 0.25) is 17.4 Å². The van der Waals surface area contributed by atoms with E-state index in [1.807, 2.05) is 22.6 Å². The Balaban J connectivity index is 2.55. The summed E-state index contributed by atoms with van der Waals surface area (Å²) >= 11 is 1.83. The Morgan fingerprint density at radius 1 is 1.04 bits per heavy atom. The van der Waals surface area contributed by atoms with Crippen LogP contribution in [0.15, 0.2) is 29.2 Å². The van der Waals surface area contributed by atoms with Gasteiger partial charge in [-0.15, -0.1) is 0 Å². The van der Waals surface area contributed by atoms with Crippen LogP contribution in [0.4, 0.5) is 17.6 Å². The quantitative estimate of drug-likeness (QED) is 0.170. The lowest BCUT2D eigenvalue weighted by Gasteiger charge is -2.14. The number of carbonyl (C=O) groups is 1. The fraction of sp³-hybridized carbons (Fsp3) is 0. The van der Waals surface area contributed by atoms with E-state index in [0.29, 0.717) is 3.57 Å². The standard InChI is InChI=1S/C13H5F4IO5S/c14-7-9(16)12(24(20,21)22)10(17)8(15)11(7)23-13(19)5-2-1-3-6(18)4-5/h1-4H,(H,20,21,22)/p-1. The lowest BCUT2D eigenvalue weighted by Crippen LogP contribution is -2.16. The van der Waals surface area contributed by atoms with Crippen LogP contribution >= 0.6 is 22.6 Å². The molecule has 128 valence electrons. The molecule has 0 radical (unpaired) electrons. The van der Waals surface area contributed by atoms with Crippen LogP contribution in [0, 0.1) is 26.8 Å². The van der Waals surface area contributed by atoms with Gasteiger partial charge in [-0.05, 0) is 40.8 Å². The third kappa shape index (κ3) is 3.52. The van der Waals surface area contributed by atoms with Gasteiger partial charge in [0, 0.05) is 3.57 Å². The Hall–Kier alpha value is -1.73. The zero-order valence-electron chi connectivity index (χ0n) is 11.1. The van der Waals surface area contributed by atoms with Gasteiger partial charge in [0.15, 0.2) is 11.6 Å². The van der Waals surface area contributed by atoms with Crippen molar-refractivity contribution in [1.29, 1.82) is 0 Å². The summed E-state index contributed by atoms with van der Waals surface area (Å²) in [5.74, 6) is -12.7. The van der Waals surface area contributed by atoms with Gasteiger partial charge in [0.05, 0.1) is 5.56 Å². The highest BCUT2D eigenvalue weighted by molar-refractivity contribution is 14.1. The van der Waals surface area contributed by atoms with E-state index >= 15 is 0 Å². The first-order valence-electron chi connectivity index (χ1n) is 5.83. The van der Waals surface area contributed by atoms with E-state index in [2.05, 4.69) is 4.74 Å². The molecular formula is C13H4F4IO5S-. The minimum atomic E-state index is -5.83. The van der Waals surface area contributed by atoms with Gasteiger partial charge < -0.3 is 9.29 Å². The van der Waals surface area contributed by atoms with Crippen molar-refractivity contribution >= 4 is 38.7 Å². The summed E-state index contributed by atoms with van der Waals surface area (Å²) in [5, 5.41) is 0. The molecule has 2 aromatic carbocycles. The van der Waals surface area contributed by atoms with Crippen LogP contribution < -0.4 is 4.74 Å². The van der Waals surface area contributed by atoms with Crippen LogP contribution in [0.3, 0.4) is 0 Å². The number of ether oxygens (including phenoxy) is 1. The van der Waals surface area contributed by atoms with E-state index in [1.54, 1.807) is 6.07 Å². The van der Waals surface area contributed by atoms with Crippen molar-refractivity contribution in [1.82, 2.24) is 0 Å². The van der Waals surface area contributed by atoms with Crippen molar-refractivity contribution in [3.8, 4) is 5.75 Å². The lowest BCUT2D eigenvalue weighted by atomic mass is 10.2. The molecule has 0 aliphatic rings. The minimum Gasteiger partial charge on any atom is -0.744 e. The predicted octanol–water partition coefficient (Wildman–Crippen LogP) is 2.97. The maximum atomic E-state index is 13.7. The summed E-state index contributed by atoms with van der Waals surface area (Å²) in [7, 11) is -5.83. The van der Waals surface area contributed by atoms with Gasteiger partial charge in [0.1, 0.15) is 15.0 Å². The third-order valence-corrected chi connectivity index (χ3v) is 4.22. The first kappa shape index (κ1) is 18.6. The van der Waals surface area contributed by atoms with E-state index in [1.165, 1.54) is 18.2 Å². The molecule has 2 rings (SSSR count). The van der Waals surface area contributed by atoms with Gasteiger partial charge in [-0.25, -0.2) is 22.0 Å². The molecule has 0 amide bonds. The molecule has 5 nitrogen and oxygen atoms in total. The summed E-state index contributed by atoms with van der Waals surface area (Å²) in [6, 6.07) is 5.48. The Labute approximate surface area is 146 Å². The van der Waals surface area contributed by atoms with Gasteiger partial charge in [-0.3, -0.25) is 0 Å². The van der Waals surface area contributed by atoms with Crippen LogP contribution in [-0.2, 0) is 10.1 Å². The zero-order valence-corrected chi connectivity index (χ0v) is 14.1. The van der Waals surface area contributed by atoms with Crippen molar-refractivity contribution in [2.45, 2.75) is 4.90 Å². The minimum absolute atomic E-state index is 0.179. The molecule has 0 N–H and O–H groups in total. The molecular weight excluding hydrogens is 471 g/mol. The average molecular weight is 475 g/mol. The molecule has 0 saturated carbocycles. The maximum Gasteiger partial charge on any atom is 0.343 e. The number of hydrogen-bond acceptors (Lipinski definition) is 5. The van der Waals surface area contributed by atoms with Gasteiger partial charge in [-0.2, -0.15) is 8.78 Å². The highest BCUT2D eigenvalue weighted by Gasteiger charge is 2.31. The number of benzene rings is 2. The maximum absolute atomic E-state index is 13.7. The number of halogens is 5. The number of carbonyl (C=O) groups excluding carboxylic acids is 1. The van der Waals surface area contributed by atoms with Crippen LogP contribution in [-0.4, -0.2) is 18.9 Å². The molecule has 0 unspecified atom stereocenters. The van der Waals surface area contributed by atoms with E-state index in [-0.39, 0.29) is 5.56 Å². The first-order valence-corrected chi connectivity index (χ1v) is 8.32. The smallest absolute Gasteiger partial charge is 0.343 e. The monoisotopic (exact) mass is 475 g/mol. The lowest BCUT2D eigenvalue weighted by molar-refractivity contribution is 0.0716. The van der Waals surface area contributed by atoms with Crippen molar-refractivity contribution in [2.24, 2.45) is 0 Å². The molecule has 0 bridgehead atoms. The topological polar surface area (TPSA) is 83.5 Å². The molecule has 0 saturated heterocycles. The van der Waals surface area contributed by atoms with Crippen molar-refractivity contribution in [3.05, 3.63) is 56.7 Å². The SMILES string of the molecule is O=C(Oc1c(F)c(F)c(S(=O)(=O)[O-])c(F)c1F)c1cccc(I)c1. The van der Waals surface area contributed by atoms with Gasteiger partial charge in [0.25, 0.3) is 0 Å². The molecule has 0 heterocycles. The fourth-order valence-electron chi connectivity index (χ4n) is 1.67. The van der Waals surface area contributed by atoms with Crippen molar-refractivity contribution in [3.63, 3.8) is 0 Å². The molecule has 2 aromatic rings. The van der Waals surface area contributed by atoms with Crippen LogP contribution in [0.1, 0.15) is 10.4 Å². The Morgan fingerprint density at radius 3 is 2.04 bits per heavy atom. The summed E-state index contributed by atoms with van der Waals surface area (Å²) in [6.45, 7) is 0. The van der Waals surface area contributed by atoms with E-state index in [9.17, 15) is 35.3 Å². The van der Waals surface area contributed by atoms with Crippen LogP contribution in [0.2, 0.25) is 0 Å². The van der Waals surface area contributed by atoms with E-state index in [4.69, 9.17) is 0 Å². The predicted molar refractivity (Wildman–Crippen MR) is 78.4 cm³/mol. The molecule has 0 fully saturated rings. The first-order chi connectivity index (χ1) is 11.0. The highest BCUT2D eigenvalue weighted by atomic mass is 127. The number of esters is 1. The molecule has 0 aliphatic carbocycles. The Morgan fingerprint density at radius 2 is 1.58 bits per heavy atom. The summed E-state index contributed by atoms with van der Waals surface area (Å²) in [4.78, 5) is 9.46. The summed E-state index contributed by atoms with van der Waals surface area (Å²) in [5.41, 5.74) is -0.179. The second kappa shape index (κ2) is 6.64. The molecule has 11 heteroatoms.